The summed E-state index contributed by atoms with van der Waals surface area (Å²) in [7, 11) is 1.83. The highest BCUT2D eigenvalue weighted by atomic mass is 35.5. The predicted molar refractivity (Wildman–Crippen MR) is 56.3 cm³/mol. The molecule has 0 aliphatic carbocycles. The highest BCUT2D eigenvalue weighted by molar-refractivity contribution is 5.86. The molecule has 0 aromatic rings. The average molecular weight is 208 g/mol. The Bertz CT molecular complexity index is 190. The molecule has 0 saturated heterocycles. The zero-order chi connectivity index (χ0) is 9.72. The van der Waals surface area contributed by atoms with Crippen LogP contribution in [0.3, 0.4) is 0 Å². The Labute approximate surface area is 85.6 Å². The molecular weight excluding hydrogens is 190 g/mol. The smallest absolute Gasteiger partial charge is 0.331 e. The Morgan fingerprint density at radius 1 is 1.46 bits per heavy atom. The first-order valence-electron chi connectivity index (χ1n) is 4.08. The van der Waals surface area contributed by atoms with Crippen LogP contribution < -0.4 is 5.32 Å². The Balaban J connectivity index is 0. The summed E-state index contributed by atoms with van der Waals surface area (Å²) in [5.41, 5.74) is 0.392. The van der Waals surface area contributed by atoms with E-state index >= 15 is 0 Å². The second kappa shape index (κ2) is 6.92. The zero-order valence-electron chi connectivity index (χ0n) is 8.50. The number of hydrogen-bond donors (Lipinski definition) is 2. The number of nitrogens with one attached hydrogen (secondary N) is 1. The molecule has 2 N–H and O–H groups in total. The van der Waals surface area contributed by atoms with Crippen molar-refractivity contribution in [1.82, 2.24) is 5.32 Å². The Morgan fingerprint density at radius 3 is 2.15 bits per heavy atom. The fourth-order valence-electron chi connectivity index (χ4n) is 0.950. The maximum Gasteiger partial charge on any atom is 0.331 e. The quantitative estimate of drug-likeness (QED) is 0.690. The van der Waals surface area contributed by atoms with Gasteiger partial charge in [-0.05, 0) is 19.9 Å². The minimum atomic E-state index is -0.851. The SMILES string of the molecule is CN[C@H](/C=C(\C)C(=O)O)C(C)C.Cl. The van der Waals surface area contributed by atoms with Crippen molar-refractivity contribution in [3.05, 3.63) is 11.6 Å². The van der Waals surface area contributed by atoms with Gasteiger partial charge in [0.05, 0.1) is 0 Å². The van der Waals surface area contributed by atoms with Gasteiger partial charge in [-0.15, -0.1) is 12.4 Å². The van der Waals surface area contributed by atoms with E-state index < -0.39 is 5.97 Å². The van der Waals surface area contributed by atoms with Gasteiger partial charge >= 0.3 is 5.97 Å². The van der Waals surface area contributed by atoms with E-state index in [1.54, 1.807) is 13.0 Å². The molecule has 0 rings (SSSR count). The number of halogens is 1. The van der Waals surface area contributed by atoms with E-state index in [2.05, 4.69) is 5.32 Å². The predicted octanol–water partition coefficient (Wildman–Crippen LogP) is 1.68. The summed E-state index contributed by atoms with van der Waals surface area (Å²) in [6.45, 7) is 5.70. The molecule has 0 unspecified atom stereocenters. The van der Waals surface area contributed by atoms with E-state index in [0.717, 1.165) is 0 Å². The minimum Gasteiger partial charge on any atom is -0.478 e. The average Bonchev–Trinajstić information content (AvgIpc) is 1.98. The van der Waals surface area contributed by atoms with Gasteiger partial charge in [-0.2, -0.15) is 0 Å². The molecule has 3 nitrogen and oxygen atoms in total. The molecule has 0 aliphatic rings. The Kier molecular flexibility index (Phi) is 7.96. The van der Waals surface area contributed by atoms with Crippen LogP contribution in [0.1, 0.15) is 20.8 Å². The van der Waals surface area contributed by atoms with E-state index in [0.29, 0.717) is 11.5 Å². The number of hydrogen-bond acceptors (Lipinski definition) is 2. The van der Waals surface area contributed by atoms with Crippen LogP contribution in [0.5, 0.6) is 0 Å². The van der Waals surface area contributed by atoms with Crippen LogP contribution in [0.2, 0.25) is 0 Å². The van der Waals surface area contributed by atoms with E-state index in [1.165, 1.54) is 0 Å². The zero-order valence-corrected chi connectivity index (χ0v) is 9.31. The Hall–Kier alpha value is -0.540. The summed E-state index contributed by atoms with van der Waals surface area (Å²) in [5.74, 6) is -0.444. The second-order valence-electron chi connectivity index (χ2n) is 3.21. The number of aliphatic carboxylic acids is 1. The van der Waals surface area contributed by atoms with E-state index in [4.69, 9.17) is 5.11 Å². The summed E-state index contributed by atoms with van der Waals surface area (Å²) in [6, 6.07) is 0.140. The van der Waals surface area contributed by atoms with Crippen molar-refractivity contribution < 1.29 is 9.90 Å². The molecule has 0 spiro atoms. The van der Waals surface area contributed by atoms with Gasteiger partial charge in [0.25, 0.3) is 0 Å². The molecular formula is C9H18ClNO2. The summed E-state index contributed by atoms with van der Waals surface area (Å²) >= 11 is 0. The lowest BCUT2D eigenvalue weighted by molar-refractivity contribution is -0.132. The molecule has 4 heteroatoms. The molecule has 13 heavy (non-hydrogen) atoms. The van der Waals surface area contributed by atoms with Crippen LogP contribution in [0, 0.1) is 5.92 Å². The van der Waals surface area contributed by atoms with Crippen molar-refractivity contribution in [3.8, 4) is 0 Å². The van der Waals surface area contributed by atoms with E-state index in [9.17, 15) is 4.79 Å². The third-order valence-corrected chi connectivity index (χ3v) is 1.82. The van der Waals surface area contributed by atoms with Crippen molar-refractivity contribution >= 4 is 18.4 Å². The van der Waals surface area contributed by atoms with Crippen LogP contribution >= 0.6 is 12.4 Å². The van der Waals surface area contributed by atoms with Gasteiger partial charge in [0, 0.05) is 11.6 Å². The van der Waals surface area contributed by atoms with Gasteiger partial charge < -0.3 is 10.4 Å². The monoisotopic (exact) mass is 207 g/mol. The number of carbonyl (C=O) groups is 1. The molecule has 0 aromatic carbocycles. The molecule has 0 heterocycles. The second-order valence-corrected chi connectivity index (χ2v) is 3.21. The molecule has 0 radical (unpaired) electrons. The van der Waals surface area contributed by atoms with Gasteiger partial charge in [0.1, 0.15) is 0 Å². The number of likely N-dealkylation sites (N-methyl/N-ethyl adjacent to an activating group) is 1. The van der Waals surface area contributed by atoms with Crippen molar-refractivity contribution in [1.29, 1.82) is 0 Å². The number of rotatable bonds is 4. The Morgan fingerprint density at radius 2 is 1.92 bits per heavy atom. The molecule has 0 bridgehead atoms. The van der Waals surface area contributed by atoms with E-state index in [1.807, 2.05) is 20.9 Å². The highest BCUT2D eigenvalue weighted by Crippen LogP contribution is 2.05. The first-order valence-corrected chi connectivity index (χ1v) is 4.08. The maximum atomic E-state index is 10.5. The molecule has 78 valence electrons. The third kappa shape index (κ3) is 5.66. The standard InChI is InChI=1S/C9H17NO2.ClH/c1-6(2)8(10-4)5-7(3)9(11)12;/h5-6,8,10H,1-4H3,(H,11,12);1H/b7-5+;/t8-;/m1./s1. The number of carboxylic acid groups (broad SMARTS) is 1. The maximum absolute atomic E-state index is 10.5. The largest absolute Gasteiger partial charge is 0.478 e. The van der Waals surface area contributed by atoms with Crippen LogP contribution in [-0.2, 0) is 4.79 Å². The van der Waals surface area contributed by atoms with Gasteiger partial charge in [0.15, 0.2) is 0 Å². The van der Waals surface area contributed by atoms with Crippen molar-refractivity contribution in [2.24, 2.45) is 5.92 Å². The van der Waals surface area contributed by atoms with Crippen molar-refractivity contribution in [3.63, 3.8) is 0 Å². The van der Waals surface area contributed by atoms with Crippen molar-refractivity contribution in [2.75, 3.05) is 7.05 Å². The molecule has 0 fully saturated rings. The molecule has 0 amide bonds. The first-order chi connectivity index (χ1) is 5.49. The number of carboxylic acids is 1. The summed E-state index contributed by atoms with van der Waals surface area (Å²) in [4.78, 5) is 10.5. The van der Waals surface area contributed by atoms with Crippen LogP contribution in [-0.4, -0.2) is 24.2 Å². The van der Waals surface area contributed by atoms with Crippen LogP contribution in [0.15, 0.2) is 11.6 Å². The highest BCUT2D eigenvalue weighted by Gasteiger charge is 2.09. The molecule has 0 aromatic heterocycles. The summed E-state index contributed by atoms with van der Waals surface area (Å²) in [5, 5.41) is 11.7. The first kappa shape index (κ1) is 15.0. The fourth-order valence-corrected chi connectivity index (χ4v) is 0.950. The molecule has 0 saturated carbocycles. The molecule has 1 atom stereocenters. The minimum absolute atomic E-state index is 0. The third-order valence-electron chi connectivity index (χ3n) is 1.82. The van der Waals surface area contributed by atoms with E-state index in [-0.39, 0.29) is 18.4 Å². The summed E-state index contributed by atoms with van der Waals surface area (Å²) in [6.07, 6.45) is 1.74. The normalized spacial score (nSPS) is 13.8. The van der Waals surface area contributed by atoms with Gasteiger partial charge in [0.2, 0.25) is 0 Å². The van der Waals surface area contributed by atoms with Gasteiger partial charge in [-0.3, -0.25) is 0 Å². The summed E-state index contributed by atoms with van der Waals surface area (Å²) < 4.78 is 0. The fraction of sp³-hybridized carbons (Fsp3) is 0.667. The van der Waals surface area contributed by atoms with Crippen molar-refractivity contribution in [2.45, 2.75) is 26.8 Å². The van der Waals surface area contributed by atoms with Crippen LogP contribution in [0.25, 0.3) is 0 Å². The van der Waals surface area contributed by atoms with Gasteiger partial charge in [-0.25, -0.2) is 4.79 Å². The lowest BCUT2D eigenvalue weighted by atomic mass is 10.0. The van der Waals surface area contributed by atoms with Crippen LogP contribution in [0.4, 0.5) is 0 Å². The lowest BCUT2D eigenvalue weighted by Gasteiger charge is -2.16. The van der Waals surface area contributed by atoms with Gasteiger partial charge in [-0.1, -0.05) is 19.9 Å². The topological polar surface area (TPSA) is 49.3 Å². The lowest BCUT2D eigenvalue weighted by Crippen LogP contribution is -2.29. The molecule has 0 aliphatic heterocycles.